The molecule has 0 aliphatic heterocycles. The zero-order valence-corrected chi connectivity index (χ0v) is 13.1. The number of nitrogens with one attached hydrogen (secondary N) is 1. The maximum atomic E-state index is 9.68. The molecule has 0 spiro atoms. The number of pyridine rings is 1. The summed E-state index contributed by atoms with van der Waals surface area (Å²) in [6.07, 6.45) is 1.10. The van der Waals surface area contributed by atoms with E-state index in [1.807, 2.05) is 32.9 Å². The van der Waals surface area contributed by atoms with Crippen LogP contribution in [0.15, 0.2) is 22.9 Å². The largest absolute Gasteiger partial charge is 0.389 e. The smallest absolute Gasteiger partial charge is 0.259 e. The van der Waals surface area contributed by atoms with E-state index in [4.69, 9.17) is 9.26 Å². The number of hydrogen-bond donors (Lipinski definition) is 2. The maximum Gasteiger partial charge on any atom is 0.259 e. The first kappa shape index (κ1) is 16.4. The van der Waals surface area contributed by atoms with Crippen LogP contribution in [0, 0.1) is 0 Å². The van der Waals surface area contributed by atoms with E-state index in [1.54, 1.807) is 6.20 Å². The average Bonchev–Trinajstić information content (AvgIpc) is 3.01. The Morgan fingerprint density at radius 2 is 2.18 bits per heavy atom. The van der Waals surface area contributed by atoms with E-state index in [0.717, 1.165) is 5.56 Å². The van der Waals surface area contributed by atoms with Crippen molar-refractivity contribution in [3.05, 3.63) is 24.2 Å². The summed E-state index contributed by atoms with van der Waals surface area (Å²) in [5.74, 6) is 2.02. The molecule has 22 heavy (non-hydrogen) atoms. The molecule has 0 bridgehead atoms. The third-order valence-electron chi connectivity index (χ3n) is 3.00. The van der Waals surface area contributed by atoms with Crippen molar-refractivity contribution < 1.29 is 14.4 Å². The second-order valence-electron chi connectivity index (χ2n) is 5.24. The normalized spacial score (nSPS) is 12.6. The molecule has 0 aliphatic carbocycles. The van der Waals surface area contributed by atoms with Gasteiger partial charge in [0, 0.05) is 25.3 Å². The van der Waals surface area contributed by atoms with Crippen molar-refractivity contribution in [2.75, 3.05) is 25.1 Å². The SMILES string of the molecule is CCOC[C@H](O)CNc1ccc(-c2nc(C(C)C)no2)cn1. The molecular formula is C15H22N4O3. The van der Waals surface area contributed by atoms with Crippen LogP contribution >= 0.6 is 0 Å². The summed E-state index contributed by atoms with van der Waals surface area (Å²) in [6.45, 7) is 7.18. The molecule has 2 heterocycles. The van der Waals surface area contributed by atoms with Gasteiger partial charge in [0.15, 0.2) is 5.82 Å². The average molecular weight is 306 g/mol. The van der Waals surface area contributed by atoms with Crippen LogP contribution in [0.2, 0.25) is 0 Å². The zero-order chi connectivity index (χ0) is 15.9. The van der Waals surface area contributed by atoms with Crippen molar-refractivity contribution in [2.45, 2.75) is 32.8 Å². The van der Waals surface area contributed by atoms with Crippen LogP contribution in [0.4, 0.5) is 5.82 Å². The number of ether oxygens (including phenoxy) is 1. The Labute approximate surface area is 129 Å². The molecule has 7 nitrogen and oxygen atoms in total. The van der Waals surface area contributed by atoms with Crippen LogP contribution in [0.3, 0.4) is 0 Å². The summed E-state index contributed by atoms with van der Waals surface area (Å²) < 4.78 is 10.4. The summed E-state index contributed by atoms with van der Waals surface area (Å²) in [5.41, 5.74) is 0.764. The van der Waals surface area contributed by atoms with E-state index in [0.29, 0.717) is 37.3 Å². The van der Waals surface area contributed by atoms with Gasteiger partial charge in [0.05, 0.1) is 18.3 Å². The number of anilines is 1. The Kier molecular flexibility index (Phi) is 5.85. The van der Waals surface area contributed by atoms with E-state index >= 15 is 0 Å². The van der Waals surface area contributed by atoms with Crippen LogP contribution in [0.1, 0.15) is 32.5 Å². The molecule has 0 amide bonds. The minimum atomic E-state index is -0.564. The van der Waals surface area contributed by atoms with Gasteiger partial charge in [-0.25, -0.2) is 4.98 Å². The van der Waals surface area contributed by atoms with Crippen LogP contribution < -0.4 is 5.32 Å². The van der Waals surface area contributed by atoms with Gasteiger partial charge in [-0.15, -0.1) is 0 Å². The highest BCUT2D eigenvalue weighted by Crippen LogP contribution is 2.20. The predicted octanol–water partition coefficient (Wildman–Crippen LogP) is 2.06. The predicted molar refractivity (Wildman–Crippen MR) is 82.6 cm³/mol. The Bertz CT molecular complexity index is 568. The maximum absolute atomic E-state index is 9.68. The minimum Gasteiger partial charge on any atom is -0.389 e. The molecule has 0 radical (unpaired) electrons. The number of rotatable bonds is 8. The summed E-state index contributed by atoms with van der Waals surface area (Å²) in [7, 11) is 0. The molecule has 0 unspecified atom stereocenters. The monoisotopic (exact) mass is 306 g/mol. The van der Waals surface area contributed by atoms with Crippen molar-refractivity contribution in [3.63, 3.8) is 0 Å². The Morgan fingerprint density at radius 3 is 2.77 bits per heavy atom. The van der Waals surface area contributed by atoms with Gasteiger partial charge in [0.2, 0.25) is 0 Å². The molecule has 7 heteroatoms. The van der Waals surface area contributed by atoms with Crippen molar-refractivity contribution in [1.29, 1.82) is 0 Å². The zero-order valence-electron chi connectivity index (χ0n) is 13.1. The van der Waals surface area contributed by atoms with Gasteiger partial charge in [-0.1, -0.05) is 19.0 Å². The van der Waals surface area contributed by atoms with Crippen LogP contribution in [0.5, 0.6) is 0 Å². The number of aliphatic hydroxyl groups excluding tert-OH is 1. The highest BCUT2D eigenvalue weighted by molar-refractivity contribution is 5.54. The van der Waals surface area contributed by atoms with Crippen molar-refractivity contribution in [3.8, 4) is 11.5 Å². The molecule has 120 valence electrons. The van der Waals surface area contributed by atoms with E-state index in [9.17, 15) is 5.11 Å². The van der Waals surface area contributed by atoms with Gasteiger partial charge >= 0.3 is 0 Å². The van der Waals surface area contributed by atoms with E-state index in [1.165, 1.54) is 0 Å². The molecule has 2 rings (SSSR count). The molecule has 0 saturated carbocycles. The summed E-state index contributed by atoms with van der Waals surface area (Å²) in [6, 6.07) is 3.66. The lowest BCUT2D eigenvalue weighted by Crippen LogP contribution is -2.25. The molecular weight excluding hydrogens is 284 g/mol. The molecule has 1 atom stereocenters. The third kappa shape index (κ3) is 4.51. The first-order chi connectivity index (χ1) is 10.6. The van der Waals surface area contributed by atoms with Gasteiger partial charge in [-0.05, 0) is 19.1 Å². The molecule has 0 saturated heterocycles. The lowest BCUT2D eigenvalue weighted by Gasteiger charge is -2.11. The highest BCUT2D eigenvalue weighted by atomic mass is 16.5. The quantitative estimate of drug-likeness (QED) is 0.771. The molecule has 0 aliphatic rings. The first-order valence-electron chi connectivity index (χ1n) is 7.39. The van der Waals surface area contributed by atoms with Crippen molar-refractivity contribution >= 4 is 5.82 Å². The number of aliphatic hydroxyl groups is 1. The molecule has 2 N–H and O–H groups in total. The molecule has 0 fully saturated rings. The fourth-order valence-corrected chi connectivity index (χ4v) is 1.75. The van der Waals surface area contributed by atoms with Crippen molar-refractivity contribution in [2.24, 2.45) is 0 Å². The summed E-state index contributed by atoms with van der Waals surface area (Å²) >= 11 is 0. The second-order valence-corrected chi connectivity index (χ2v) is 5.24. The lowest BCUT2D eigenvalue weighted by molar-refractivity contribution is 0.0495. The van der Waals surface area contributed by atoms with Crippen LogP contribution in [-0.4, -0.2) is 46.1 Å². The Morgan fingerprint density at radius 1 is 1.36 bits per heavy atom. The van der Waals surface area contributed by atoms with Gasteiger partial charge in [0.1, 0.15) is 5.82 Å². The lowest BCUT2D eigenvalue weighted by atomic mass is 10.2. The summed E-state index contributed by atoms with van der Waals surface area (Å²) in [5, 5.41) is 16.7. The minimum absolute atomic E-state index is 0.221. The van der Waals surface area contributed by atoms with E-state index < -0.39 is 6.10 Å². The van der Waals surface area contributed by atoms with Crippen molar-refractivity contribution in [1.82, 2.24) is 15.1 Å². The van der Waals surface area contributed by atoms with E-state index in [2.05, 4.69) is 20.4 Å². The van der Waals surface area contributed by atoms with Gasteiger partial charge < -0.3 is 19.7 Å². The van der Waals surface area contributed by atoms with E-state index in [-0.39, 0.29) is 5.92 Å². The second kappa shape index (κ2) is 7.86. The fraction of sp³-hybridized carbons (Fsp3) is 0.533. The number of aromatic nitrogens is 3. The standard InChI is InChI=1S/C15H22N4O3/c1-4-21-9-12(20)8-17-13-6-5-11(7-16-13)15-18-14(10(2)3)19-22-15/h5-7,10,12,20H,4,8-9H2,1-3H3,(H,16,17)/t12-/m1/s1. The van der Waals surface area contributed by atoms with Gasteiger partial charge in [0.25, 0.3) is 5.89 Å². The molecule has 2 aromatic rings. The Hall–Kier alpha value is -1.99. The molecule has 0 aromatic carbocycles. The molecule has 2 aromatic heterocycles. The highest BCUT2D eigenvalue weighted by Gasteiger charge is 2.12. The first-order valence-corrected chi connectivity index (χ1v) is 7.39. The number of nitrogens with zero attached hydrogens (tertiary/aromatic N) is 3. The summed E-state index contributed by atoms with van der Waals surface area (Å²) in [4.78, 5) is 8.59. The van der Waals surface area contributed by atoms with Crippen LogP contribution in [0.25, 0.3) is 11.5 Å². The fourth-order valence-electron chi connectivity index (χ4n) is 1.75. The van der Waals surface area contributed by atoms with Crippen LogP contribution in [-0.2, 0) is 4.74 Å². The topological polar surface area (TPSA) is 93.3 Å². The third-order valence-corrected chi connectivity index (χ3v) is 3.00. The Balaban J connectivity index is 1.92. The van der Waals surface area contributed by atoms with Gasteiger partial charge in [-0.2, -0.15) is 4.98 Å². The van der Waals surface area contributed by atoms with Gasteiger partial charge in [-0.3, -0.25) is 0 Å². The number of hydrogen-bond acceptors (Lipinski definition) is 7.